The number of benzene rings is 2. The number of carbonyl (C=O) groups excluding carboxylic acids is 2. The first-order valence-corrected chi connectivity index (χ1v) is 11.1. The van der Waals surface area contributed by atoms with Crippen molar-refractivity contribution in [3.05, 3.63) is 95.3 Å². The van der Waals surface area contributed by atoms with Crippen molar-refractivity contribution in [1.82, 2.24) is 9.88 Å². The first kappa shape index (κ1) is 23.0. The molecule has 1 aromatic heterocycles. The molecule has 1 aliphatic rings. The second kappa shape index (κ2) is 10.2. The maximum Gasteiger partial charge on any atom is 0.295 e. The predicted octanol–water partition coefficient (Wildman–Crippen LogP) is 4.50. The van der Waals surface area contributed by atoms with E-state index in [2.05, 4.69) is 4.98 Å². The predicted molar refractivity (Wildman–Crippen MR) is 127 cm³/mol. The van der Waals surface area contributed by atoms with E-state index >= 15 is 0 Å². The molecule has 1 fully saturated rings. The number of amides is 1. The molecule has 0 radical (unpaired) electrons. The van der Waals surface area contributed by atoms with Crippen LogP contribution in [0.3, 0.4) is 0 Å². The Morgan fingerprint density at radius 3 is 2.65 bits per heavy atom. The van der Waals surface area contributed by atoms with Crippen molar-refractivity contribution < 1.29 is 24.2 Å². The lowest BCUT2D eigenvalue weighted by molar-refractivity contribution is -0.140. The highest BCUT2D eigenvalue weighted by Crippen LogP contribution is 2.41. The normalized spacial score (nSPS) is 17.1. The summed E-state index contributed by atoms with van der Waals surface area (Å²) >= 11 is 0. The minimum atomic E-state index is -0.807. The van der Waals surface area contributed by atoms with Gasteiger partial charge in [-0.2, -0.15) is 0 Å². The van der Waals surface area contributed by atoms with E-state index < -0.39 is 17.7 Å². The second-order valence-corrected chi connectivity index (χ2v) is 7.90. The number of hydrogen-bond acceptors (Lipinski definition) is 6. The van der Waals surface area contributed by atoms with E-state index in [1.807, 2.05) is 25.1 Å². The molecule has 34 heavy (non-hydrogen) atoms. The summed E-state index contributed by atoms with van der Waals surface area (Å²) < 4.78 is 11.1. The molecule has 2 heterocycles. The molecule has 4 rings (SSSR count). The van der Waals surface area contributed by atoms with Crippen molar-refractivity contribution in [1.29, 1.82) is 0 Å². The van der Waals surface area contributed by atoms with Gasteiger partial charge in [-0.1, -0.05) is 43.3 Å². The van der Waals surface area contributed by atoms with E-state index in [1.54, 1.807) is 62.0 Å². The van der Waals surface area contributed by atoms with Crippen molar-refractivity contribution in [2.45, 2.75) is 25.9 Å². The molecule has 1 atom stereocenters. The van der Waals surface area contributed by atoms with Crippen molar-refractivity contribution >= 4 is 17.4 Å². The van der Waals surface area contributed by atoms with Crippen LogP contribution in [-0.2, 0) is 16.1 Å². The average molecular weight is 459 g/mol. The van der Waals surface area contributed by atoms with Crippen LogP contribution in [0.5, 0.6) is 11.5 Å². The van der Waals surface area contributed by atoms with Gasteiger partial charge >= 0.3 is 0 Å². The summed E-state index contributed by atoms with van der Waals surface area (Å²) in [7, 11) is 1.55. The molecular formula is C27H26N2O5. The van der Waals surface area contributed by atoms with Gasteiger partial charge in [0, 0.05) is 23.5 Å². The average Bonchev–Trinajstić information content (AvgIpc) is 3.13. The molecule has 174 valence electrons. The van der Waals surface area contributed by atoms with E-state index in [0.717, 1.165) is 12.0 Å². The monoisotopic (exact) mass is 458 g/mol. The molecular weight excluding hydrogens is 432 g/mol. The van der Waals surface area contributed by atoms with Gasteiger partial charge < -0.3 is 19.5 Å². The lowest BCUT2D eigenvalue weighted by atomic mass is 9.96. The summed E-state index contributed by atoms with van der Waals surface area (Å²) in [4.78, 5) is 32.0. The summed E-state index contributed by atoms with van der Waals surface area (Å²) in [5.74, 6) is -0.514. The summed E-state index contributed by atoms with van der Waals surface area (Å²) in [6, 6.07) is 16.9. The highest BCUT2D eigenvalue weighted by atomic mass is 16.5. The van der Waals surface area contributed by atoms with Gasteiger partial charge in [0.1, 0.15) is 17.3 Å². The second-order valence-electron chi connectivity index (χ2n) is 7.90. The highest BCUT2D eigenvalue weighted by Gasteiger charge is 2.46. The third kappa shape index (κ3) is 4.50. The van der Waals surface area contributed by atoms with Crippen LogP contribution in [0.4, 0.5) is 0 Å². The first-order chi connectivity index (χ1) is 16.5. The Bertz CT molecular complexity index is 1220. The Hall–Kier alpha value is -4.13. The number of aliphatic hydroxyl groups excluding tert-OH is 1. The largest absolute Gasteiger partial charge is 0.507 e. The maximum atomic E-state index is 13.2. The number of likely N-dealkylation sites (tertiary alicyclic amines) is 1. The molecule has 7 nitrogen and oxygen atoms in total. The van der Waals surface area contributed by atoms with Crippen molar-refractivity contribution in [2.24, 2.45) is 0 Å². The Balaban J connectivity index is 1.81. The number of carbonyl (C=O) groups is 2. The van der Waals surface area contributed by atoms with Gasteiger partial charge in [0.2, 0.25) is 0 Å². The fourth-order valence-corrected chi connectivity index (χ4v) is 4.05. The number of ether oxygens (including phenoxy) is 2. The van der Waals surface area contributed by atoms with Crippen LogP contribution < -0.4 is 9.47 Å². The smallest absolute Gasteiger partial charge is 0.295 e. The van der Waals surface area contributed by atoms with Crippen molar-refractivity contribution in [3.8, 4) is 11.5 Å². The Morgan fingerprint density at radius 2 is 1.91 bits per heavy atom. The molecule has 1 unspecified atom stereocenters. The molecule has 0 saturated carbocycles. The van der Waals surface area contributed by atoms with Crippen molar-refractivity contribution in [2.75, 3.05) is 13.7 Å². The maximum absolute atomic E-state index is 13.2. The molecule has 1 N–H and O–H groups in total. The third-order valence-electron chi connectivity index (χ3n) is 5.65. The van der Waals surface area contributed by atoms with E-state index in [4.69, 9.17) is 9.47 Å². The van der Waals surface area contributed by atoms with Crippen LogP contribution in [0.1, 0.15) is 36.1 Å². The number of para-hydroxylation sites is 1. The summed E-state index contributed by atoms with van der Waals surface area (Å²) in [6.07, 6.45) is 4.05. The lowest BCUT2D eigenvalue weighted by Crippen LogP contribution is -2.29. The van der Waals surface area contributed by atoms with Crippen LogP contribution in [-0.4, -0.2) is 40.4 Å². The van der Waals surface area contributed by atoms with E-state index in [1.165, 1.54) is 4.90 Å². The van der Waals surface area contributed by atoms with Crippen LogP contribution >= 0.6 is 0 Å². The number of ketones is 1. The minimum Gasteiger partial charge on any atom is -0.507 e. The van der Waals surface area contributed by atoms with E-state index in [0.29, 0.717) is 29.2 Å². The molecule has 0 bridgehead atoms. The zero-order valence-corrected chi connectivity index (χ0v) is 19.1. The molecule has 2 aromatic carbocycles. The fourth-order valence-electron chi connectivity index (χ4n) is 4.05. The zero-order valence-electron chi connectivity index (χ0n) is 19.1. The molecule has 1 amide bonds. The topological polar surface area (TPSA) is 89.0 Å². The summed E-state index contributed by atoms with van der Waals surface area (Å²) in [6.45, 7) is 2.66. The van der Waals surface area contributed by atoms with Gasteiger partial charge in [-0.15, -0.1) is 0 Å². The van der Waals surface area contributed by atoms with Gasteiger partial charge in [0.15, 0.2) is 0 Å². The zero-order chi connectivity index (χ0) is 24.1. The van der Waals surface area contributed by atoms with E-state index in [9.17, 15) is 14.7 Å². The number of Topliss-reactive ketones (excluding diaryl/α,β-unsaturated/α-hetero) is 1. The Labute approximate surface area is 198 Å². The van der Waals surface area contributed by atoms with Gasteiger partial charge in [0.25, 0.3) is 11.7 Å². The number of hydrogen-bond donors (Lipinski definition) is 1. The highest BCUT2D eigenvalue weighted by molar-refractivity contribution is 6.46. The van der Waals surface area contributed by atoms with Gasteiger partial charge in [0.05, 0.1) is 31.9 Å². The number of aromatic nitrogens is 1. The number of aliphatic hydroxyl groups is 1. The van der Waals surface area contributed by atoms with Crippen LogP contribution in [0.2, 0.25) is 0 Å². The quantitative estimate of drug-likeness (QED) is 0.304. The summed E-state index contributed by atoms with van der Waals surface area (Å²) in [5.41, 5.74) is 1.78. The van der Waals surface area contributed by atoms with Gasteiger partial charge in [-0.3, -0.25) is 14.6 Å². The lowest BCUT2D eigenvalue weighted by Gasteiger charge is -2.25. The molecule has 7 heteroatoms. The number of rotatable bonds is 8. The molecule has 0 spiro atoms. The molecule has 1 aliphatic heterocycles. The summed E-state index contributed by atoms with van der Waals surface area (Å²) in [5, 5.41) is 11.3. The third-order valence-corrected chi connectivity index (χ3v) is 5.65. The molecule has 0 aliphatic carbocycles. The number of pyridine rings is 1. The SMILES string of the molecule is CCCOc1cccc(/C(O)=C2/C(=O)C(=O)N(Cc3ccccc3OC)C2c2cccnc2)c1. The standard InChI is InChI=1S/C27H26N2O5/c1-3-14-34-21-11-6-9-18(15-21)25(30)23-24(19-10-7-13-28-16-19)29(27(32)26(23)31)17-20-8-4-5-12-22(20)33-2/h4-13,15-16,24,30H,3,14,17H2,1-2H3/b25-23-. The Kier molecular flexibility index (Phi) is 6.92. The van der Waals surface area contributed by atoms with Gasteiger partial charge in [-0.25, -0.2) is 0 Å². The van der Waals surface area contributed by atoms with Gasteiger partial charge in [-0.05, 0) is 36.2 Å². The number of methoxy groups -OCH3 is 1. The Morgan fingerprint density at radius 1 is 1.09 bits per heavy atom. The van der Waals surface area contributed by atoms with Crippen LogP contribution in [0.25, 0.3) is 5.76 Å². The molecule has 3 aromatic rings. The van der Waals surface area contributed by atoms with Crippen LogP contribution in [0, 0.1) is 0 Å². The fraction of sp³-hybridized carbons (Fsp3) is 0.222. The van der Waals surface area contributed by atoms with E-state index in [-0.39, 0.29) is 17.9 Å². The minimum absolute atomic E-state index is 0.0144. The number of nitrogens with zero attached hydrogens (tertiary/aromatic N) is 2. The first-order valence-electron chi connectivity index (χ1n) is 11.1. The van der Waals surface area contributed by atoms with Crippen LogP contribution in [0.15, 0.2) is 78.6 Å². The molecule has 1 saturated heterocycles. The van der Waals surface area contributed by atoms with Crippen molar-refractivity contribution in [3.63, 3.8) is 0 Å².